The Labute approximate surface area is 125 Å². The Morgan fingerprint density at radius 2 is 2.00 bits per heavy atom. The van der Waals surface area contributed by atoms with E-state index in [4.69, 9.17) is 5.73 Å². The fourth-order valence-electron chi connectivity index (χ4n) is 2.48. The molecule has 0 saturated heterocycles. The van der Waals surface area contributed by atoms with E-state index < -0.39 is 15.8 Å². The van der Waals surface area contributed by atoms with E-state index in [-0.39, 0.29) is 23.0 Å². The largest absolute Gasteiger partial charge is 0.320 e. The summed E-state index contributed by atoms with van der Waals surface area (Å²) in [4.78, 5) is 0.00965. The molecule has 4 nitrogen and oxygen atoms in total. The highest BCUT2D eigenvalue weighted by molar-refractivity contribution is 7.89. The van der Waals surface area contributed by atoms with Gasteiger partial charge in [0.05, 0.1) is 11.4 Å². The molecule has 0 heterocycles. The quantitative estimate of drug-likeness (QED) is 0.835. The average molecular weight is 310 g/mol. The summed E-state index contributed by atoms with van der Waals surface area (Å²) in [5.74, 6) is 4.67. The molecule has 0 spiro atoms. The van der Waals surface area contributed by atoms with Crippen LogP contribution in [0.15, 0.2) is 23.1 Å². The molecule has 114 valence electrons. The highest BCUT2D eigenvalue weighted by Gasteiger charge is 2.24. The third kappa shape index (κ3) is 4.27. The van der Waals surface area contributed by atoms with Crippen LogP contribution >= 0.6 is 0 Å². The van der Waals surface area contributed by atoms with E-state index in [1.165, 1.54) is 6.07 Å². The van der Waals surface area contributed by atoms with Crippen molar-refractivity contribution in [2.75, 3.05) is 6.54 Å². The highest BCUT2D eigenvalue weighted by atomic mass is 32.2. The van der Waals surface area contributed by atoms with Gasteiger partial charge in [-0.15, -0.1) is 0 Å². The SMILES string of the molecule is NCC#Cc1cc(F)ccc1S(=O)(=O)NC1CCCCC1. The van der Waals surface area contributed by atoms with Crippen molar-refractivity contribution < 1.29 is 12.8 Å². The van der Waals surface area contributed by atoms with Crippen LogP contribution in [0, 0.1) is 17.7 Å². The smallest absolute Gasteiger partial charge is 0.242 e. The molecule has 0 unspecified atom stereocenters. The van der Waals surface area contributed by atoms with Gasteiger partial charge in [-0.25, -0.2) is 17.5 Å². The van der Waals surface area contributed by atoms with Gasteiger partial charge in [-0.2, -0.15) is 0 Å². The van der Waals surface area contributed by atoms with E-state index in [9.17, 15) is 12.8 Å². The number of hydrogen-bond acceptors (Lipinski definition) is 3. The second kappa shape index (κ2) is 7.03. The van der Waals surface area contributed by atoms with Gasteiger partial charge >= 0.3 is 0 Å². The lowest BCUT2D eigenvalue weighted by Crippen LogP contribution is -2.36. The van der Waals surface area contributed by atoms with E-state index in [0.29, 0.717) is 0 Å². The molecule has 3 N–H and O–H groups in total. The molecule has 1 saturated carbocycles. The molecule has 21 heavy (non-hydrogen) atoms. The number of sulfonamides is 1. The lowest BCUT2D eigenvalue weighted by atomic mass is 9.96. The van der Waals surface area contributed by atoms with E-state index in [0.717, 1.165) is 44.2 Å². The van der Waals surface area contributed by atoms with Crippen molar-refractivity contribution in [3.8, 4) is 11.8 Å². The van der Waals surface area contributed by atoms with E-state index >= 15 is 0 Å². The summed E-state index contributed by atoms with van der Waals surface area (Å²) in [6.45, 7) is 0.0893. The molecular formula is C15H19FN2O2S. The van der Waals surface area contributed by atoms with Gasteiger partial charge in [0.25, 0.3) is 0 Å². The third-order valence-corrected chi connectivity index (χ3v) is 5.06. The Bertz CT molecular complexity index is 656. The minimum absolute atomic E-state index is 0.00965. The summed E-state index contributed by atoms with van der Waals surface area (Å²) in [6, 6.07) is 3.45. The first-order valence-electron chi connectivity index (χ1n) is 7.04. The fourth-order valence-corrected chi connectivity index (χ4v) is 3.93. The van der Waals surface area contributed by atoms with Crippen LogP contribution in [0.25, 0.3) is 0 Å². The molecule has 1 aromatic carbocycles. The Morgan fingerprint density at radius 1 is 1.29 bits per heavy atom. The molecule has 0 amide bonds. The maximum Gasteiger partial charge on any atom is 0.242 e. The Morgan fingerprint density at radius 3 is 2.67 bits per heavy atom. The molecule has 0 atom stereocenters. The van der Waals surface area contributed by atoms with Crippen LogP contribution in [0.1, 0.15) is 37.7 Å². The van der Waals surface area contributed by atoms with Gasteiger partial charge in [0.1, 0.15) is 5.82 Å². The van der Waals surface area contributed by atoms with E-state index in [2.05, 4.69) is 16.6 Å². The highest BCUT2D eigenvalue weighted by Crippen LogP contribution is 2.21. The van der Waals surface area contributed by atoms with Crippen molar-refractivity contribution in [2.45, 2.75) is 43.0 Å². The van der Waals surface area contributed by atoms with Crippen molar-refractivity contribution in [2.24, 2.45) is 5.73 Å². The van der Waals surface area contributed by atoms with Crippen molar-refractivity contribution in [1.82, 2.24) is 4.72 Å². The van der Waals surface area contributed by atoms with Gasteiger partial charge < -0.3 is 5.73 Å². The van der Waals surface area contributed by atoms with E-state index in [1.54, 1.807) is 0 Å². The third-order valence-electron chi connectivity index (χ3n) is 3.48. The van der Waals surface area contributed by atoms with Crippen LogP contribution < -0.4 is 10.5 Å². The molecular weight excluding hydrogens is 291 g/mol. The number of rotatable bonds is 3. The molecule has 0 radical (unpaired) electrons. The molecule has 2 rings (SSSR count). The van der Waals surface area contributed by atoms with Crippen LogP contribution in [-0.2, 0) is 10.0 Å². The normalized spacial score (nSPS) is 16.3. The Balaban J connectivity index is 2.30. The monoisotopic (exact) mass is 310 g/mol. The first-order valence-corrected chi connectivity index (χ1v) is 8.52. The van der Waals surface area contributed by atoms with Gasteiger partial charge in [0, 0.05) is 11.6 Å². The van der Waals surface area contributed by atoms with Crippen molar-refractivity contribution >= 4 is 10.0 Å². The lowest BCUT2D eigenvalue weighted by Gasteiger charge is -2.22. The minimum atomic E-state index is -3.70. The standard InChI is InChI=1S/C15H19FN2O2S/c16-13-8-9-15(12(11-13)5-4-10-17)21(19,20)18-14-6-2-1-3-7-14/h8-9,11,14,18H,1-3,6-7,10,17H2. The fraction of sp³-hybridized carbons (Fsp3) is 0.467. The zero-order valence-electron chi connectivity index (χ0n) is 11.7. The van der Waals surface area contributed by atoms with Gasteiger partial charge in [-0.1, -0.05) is 31.1 Å². The van der Waals surface area contributed by atoms with Crippen LogP contribution in [0.3, 0.4) is 0 Å². The predicted octanol–water partition coefficient (Wildman–Crippen LogP) is 1.75. The minimum Gasteiger partial charge on any atom is -0.320 e. The van der Waals surface area contributed by atoms with Gasteiger partial charge in [-0.05, 0) is 31.0 Å². The Kier molecular flexibility index (Phi) is 5.34. The van der Waals surface area contributed by atoms with Gasteiger partial charge in [0.15, 0.2) is 0 Å². The first kappa shape index (κ1) is 16.0. The van der Waals surface area contributed by atoms with Crippen LogP contribution in [0.2, 0.25) is 0 Å². The molecule has 6 heteroatoms. The summed E-state index contributed by atoms with van der Waals surface area (Å²) < 4.78 is 40.9. The molecule has 1 aliphatic rings. The maximum atomic E-state index is 13.3. The number of benzene rings is 1. The molecule has 0 aromatic heterocycles. The summed E-state index contributed by atoms with van der Waals surface area (Å²) >= 11 is 0. The second-order valence-corrected chi connectivity index (χ2v) is 6.79. The lowest BCUT2D eigenvalue weighted by molar-refractivity contribution is 0.412. The average Bonchev–Trinajstić information content (AvgIpc) is 2.45. The number of hydrogen-bond donors (Lipinski definition) is 2. The summed E-state index contributed by atoms with van der Waals surface area (Å²) in [6.07, 6.45) is 4.86. The second-order valence-electron chi connectivity index (χ2n) is 5.10. The van der Waals surface area contributed by atoms with Crippen molar-refractivity contribution in [3.63, 3.8) is 0 Å². The zero-order chi connectivity index (χ0) is 15.3. The van der Waals surface area contributed by atoms with Crippen LogP contribution in [0.4, 0.5) is 4.39 Å². The maximum absolute atomic E-state index is 13.3. The Hall–Kier alpha value is -1.42. The molecule has 1 fully saturated rings. The van der Waals surface area contributed by atoms with Gasteiger partial charge in [-0.3, -0.25) is 0 Å². The number of nitrogens with one attached hydrogen (secondary N) is 1. The summed E-state index contributed by atoms with van der Waals surface area (Å²) in [5.41, 5.74) is 5.43. The van der Waals surface area contributed by atoms with Crippen molar-refractivity contribution in [1.29, 1.82) is 0 Å². The molecule has 0 aliphatic heterocycles. The van der Waals surface area contributed by atoms with E-state index in [1.807, 2.05) is 0 Å². The topological polar surface area (TPSA) is 72.2 Å². The zero-order valence-corrected chi connectivity index (χ0v) is 12.5. The molecule has 1 aliphatic carbocycles. The van der Waals surface area contributed by atoms with Gasteiger partial charge in [0.2, 0.25) is 10.0 Å². The summed E-state index contributed by atoms with van der Waals surface area (Å²) in [7, 11) is -3.70. The van der Waals surface area contributed by atoms with Crippen molar-refractivity contribution in [3.05, 3.63) is 29.6 Å². The first-order chi connectivity index (χ1) is 10.0. The number of halogens is 1. The van der Waals surface area contributed by atoms with Crippen LogP contribution in [0.5, 0.6) is 0 Å². The summed E-state index contributed by atoms with van der Waals surface area (Å²) in [5, 5.41) is 0. The number of nitrogens with two attached hydrogens (primary N) is 1. The molecule has 0 bridgehead atoms. The molecule has 1 aromatic rings. The predicted molar refractivity (Wildman–Crippen MR) is 79.5 cm³/mol. The van der Waals surface area contributed by atoms with Crippen LogP contribution in [-0.4, -0.2) is 21.0 Å².